The highest BCUT2D eigenvalue weighted by Gasteiger charge is 2.09. The van der Waals surface area contributed by atoms with Gasteiger partial charge in [-0.05, 0) is 30.3 Å². The van der Waals surface area contributed by atoms with Gasteiger partial charge < -0.3 is 5.32 Å². The first-order chi connectivity index (χ1) is 11.6. The van der Waals surface area contributed by atoms with E-state index >= 15 is 0 Å². The van der Waals surface area contributed by atoms with Gasteiger partial charge in [-0.2, -0.15) is 0 Å². The van der Waals surface area contributed by atoms with Crippen LogP contribution in [0.5, 0.6) is 0 Å². The zero-order valence-electron chi connectivity index (χ0n) is 13.7. The molecular weight excluding hydrogens is 322 g/mol. The predicted octanol–water partition coefficient (Wildman–Crippen LogP) is 3.00. The summed E-state index contributed by atoms with van der Waals surface area (Å²) >= 11 is 1.66. The Bertz CT molecular complexity index is 929. The number of rotatable bonds is 5. The summed E-state index contributed by atoms with van der Waals surface area (Å²) in [5, 5.41) is 2.90. The van der Waals surface area contributed by atoms with Gasteiger partial charge in [0, 0.05) is 36.9 Å². The molecule has 0 unspecified atom stereocenters. The fourth-order valence-electron chi connectivity index (χ4n) is 2.59. The zero-order chi connectivity index (χ0) is 17.1. The molecule has 3 rings (SSSR count). The molecule has 124 valence electrons. The maximum Gasteiger partial charge on any atom is 0.328 e. The SMILES string of the molecule is Cn1c(=O)n(C)c2cc(NC(=O)CCSc3ccccc3)ccc21. The number of anilines is 1. The third kappa shape index (κ3) is 3.38. The molecule has 0 fully saturated rings. The van der Waals surface area contributed by atoms with E-state index < -0.39 is 0 Å². The van der Waals surface area contributed by atoms with Crippen LogP contribution in [0.4, 0.5) is 5.69 Å². The topological polar surface area (TPSA) is 56.0 Å². The minimum absolute atomic E-state index is 0.0290. The number of thioether (sulfide) groups is 1. The normalized spacial score (nSPS) is 10.9. The van der Waals surface area contributed by atoms with E-state index in [9.17, 15) is 9.59 Å². The van der Waals surface area contributed by atoms with Crippen molar-refractivity contribution in [3.05, 3.63) is 59.0 Å². The Morgan fingerprint density at radius 1 is 1.04 bits per heavy atom. The lowest BCUT2D eigenvalue weighted by Gasteiger charge is -2.06. The summed E-state index contributed by atoms with van der Waals surface area (Å²) in [4.78, 5) is 25.2. The maximum atomic E-state index is 12.1. The van der Waals surface area contributed by atoms with Crippen LogP contribution in [0.2, 0.25) is 0 Å². The van der Waals surface area contributed by atoms with Gasteiger partial charge in [0.15, 0.2) is 0 Å². The smallest absolute Gasteiger partial charge is 0.326 e. The summed E-state index contributed by atoms with van der Waals surface area (Å²) in [6.07, 6.45) is 0.436. The van der Waals surface area contributed by atoms with Crippen molar-refractivity contribution in [1.82, 2.24) is 9.13 Å². The lowest BCUT2D eigenvalue weighted by molar-refractivity contribution is -0.115. The van der Waals surface area contributed by atoms with Crippen LogP contribution in [0.25, 0.3) is 11.0 Å². The van der Waals surface area contributed by atoms with Crippen molar-refractivity contribution in [2.45, 2.75) is 11.3 Å². The van der Waals surface area contributed by atoms with E-state index in [1.165, 1.54) is 0 Å². The summed E-state index contributed by atoms with van der Waals surface area (Å²) < 4.78 is 3.17. The number of carbonyl (C=O) groups excluding carboxylic acids is 1. The maximum absolute atomic E-state index is 12.1. The number of aromatic nitrogens is 2. The van der Waals surface area contributed by atoms with Crippen molar-refractivity contribution in [2.24, 2.45) is 14.1 Å². The van der Waals surface area contributed by atoms with Crippen molar-refractivity contribution in [1.29, 1.82) is 0 Å². The van der Waals surface area contributed by atoms with Gasteiger partial charge in [-0.25, -0.2) is 4.79 Å². The van der Waals surface area contributed by atoms with Gasteiger partial charge in [0.05, 0.1) is 11.0 Å². The lowest BCUT2D eigenvalue weighted by Crippen LogP contribution is -2.19. The molecule has 1 aromatic heterocycles. The summed E-state index contributed by atoms with van der Waals surface area (Å²) in [5.41, 5.74) is 2.28. The molecule has 0 bridgehead atoms. The minimum Gasteiger partial charge on any atom is -0.326 e. The van der Waals surface area contributed by atoms with Crippen LogP contribution < -0.4 is 11.0 Å². The molecule has 0 radical (unpaired) electrons. The predicted molar refractivity (Wildman–Crippen MR) is 98.6 cm³/mol. The molecule has 0 aliphatic carbocycles. The first-order valence-electron chi connectivity index (χ1n) is 7.69. The molecule has 0 saturated carbocycles. The third-order valence-corrected chi connectivity index (χ3v) is 4.91. The molecule has 2 aromatic carbocycles. The monoisotopic (exact) mass is 341 g/mol. The molecule has 1 N–H and O–H groups in total. The number of hydrogen-bond donors (Lipinski definition) is 1. The van der Waals surface area contributed by atoms with Gasteiger partial charge in [-0.1, -0.05) is 18.2 Å². The van der Waals surface area contributed by atoms with Crippen LogP contribution >= 0.6 is 11.8 Å². The molecule has 5 nitrogen and oxygen atoms in total. The highest BCUT2D eigenvalue weighted by Crippen LogP contribution is 2.20. The van der Waals surface area contributed by atoms with Crippen molar-refractivity contribution in [2.75, 3.05) is 11.1 Å². The summed E-state index contributed by atoms with van der Waals surface area (Å²) in [7, 11) is 3.47. The van der Waals surface area contributed by atoms with E-state index in [1.807, 2.05) is 48.5 Å². The van der Waals surface area contributed by atoms with E-state index in [1.54, 1.807) is 35.0 Å². The summed E-state index contributed by atoms with van der Waals surface area (Å²) in [6, 6.07) is 15.5. The van der Waals surface area contributed by atoms with Crippen LogP contribution in [0.15, 0.2) is 58.2 Å². The number of nitrogens with one attached hydrogen (secondary N) is 1. The number of aryl methyl sites for hydroxylation is 2. The second-order valence-corrected chi connectivity index (χ2v) is 6.73. The van der Waals surface area contributed by atoms with Crippen LogP contribution in [0.3, 0.4) is 0 Å². The Hall–Kier alpha value is -2.47. The standard InChI is InChI=1S/C18H19N3O2S/c1-20-15-9-8-13(12-16(15)21(2)18(20)23)19-17(22)10-11-24-14-6-4-3-5-7-14/h3-9,12H,10-11H2,1-2H3,(H,19,22). The van der Waals surface area contributed by atoms with Gasteiger partial charge in [0.2, 0.25) is 5.91 Å². The molecule has 0 saturated heterocycles. The average Bonchev–Trinajstić information content (AvgIpc) is 2.80. The number of fused-ring (bicyclic) bond motifs is 1. The zero-order valence-corrected chi connectivity index (χ0v) is 14.5. The Morgan fingerprint density at radius 3 is 2.50 bits per heavy atom. The Morgan fingerprint density at radius 2 is 1.75 bits per heavy atom. The number of amides is 1. The molecule has 0 aliphatic heterocycles. The minimum atomic E-state index is -0.0762. The second kappa shape index (κ2) is 6.97. The highest BCUT2D eigenvalue weighted by atomic mass is 32.2. The molecular formula is C18H19N3O2S. The quantitative estimate of drug-likeness (QED) is 0.726. The summed E-state index contributed by atoms with van der Waals surface area (Å²) in [5.74, 6) is 0.695. The van der Waals surface area contributed by atoms with Crippen molar-refractivity contribution in [3.63, 3.8) is 0 Å². The van der Waals surface area contributed by atoms with Crippen LogP contribution in [-0.2, 0) is 18.9 Å². The van der Waals surface area contributed by atoms with Crippen molar-refractivity contribution >= 4 is 34.4 Å². The van der Waals surface area contributed by atoms with Crippen LogP contribution in [-0.4, -0.2) is 20.8 Å². The molecule has 1 heterocycles. The van der Waals surface area contributed by atoms with E-state index in [-0.39, 0.29) is 11.6 Å². The number of nitrogens with zero attached hydrogens (tertiary/aromatic N) is 2. The molecule has 0 atom stereocenters. The fourth-order valence-corrected chi connectivity index (χ4v) is 3.46. The Kier molecular flexibility index (Phi) is 4.76. The molecule has 0 spiro atoms. The first kappa shape index (κ1) is 16.4. The van der Waals surface area contributed by atoms with Gasteiger partial charge in [-0.15, -0.1) is 11.8 Å². The third-order valence-electron chi connectivity index (χ3n) is 3.90. The molecule has 3 aromatic rings. The van der Waals surface area contributed by atoms with E-state index in [4.69, 9.17) is 0 Å². The van der Waals surface area contributed by atoms with Gasteiger partial charge in [0.1, 0.15) is 0 Å². The van der Waals surface area contributed by atoms with E-state index in [0.29, 0.717) is 12.1 Å². The molecule has 0 aliphatic rings. The van der Waals surface area contributed by atoms with Crippen molar-refractivity contribution < 1.29 is 4.79 Å². The first-order valence-corrected chi connectivity index (χ1v) is 8.68. The molecule has 1 amide bonds. The summed E-state index contributed by atoms with van der Waals surface area (Å²) in [6.45, 7) is 0. The van der Waals surface area contributed by atoms with E-state index in [0.717, 1.165) is 21.7 Å². The van der Waals surface area contributed by atoms with Crippen LogP contribution in [0.1, 0.15) is 6.42 Å². The molecule has 6 heteroatoms. The van der Waals surface area contributed by atoms with Crippen LogP contribution in [0, 0.1) is 0 Å². The average molecular weight is 341 g/mol. The van der Waals surface area contributed by atoms with Gasteiger partial charge >= 0.3 is 5.69 Å². The number of carbonyl (C=O) groups is 1. The number of imidazole rings is 1. The Labute approximate surface area is 144 Å². The largest absolute Gasteiger partial charge is 0.328 e. The Balaban J connectivity index is 1.63. The fraction of sp³-hybridized carbons (Fsp3) is 0.222. The lowest BCUT2D eigenvalue weighted by atomic mass is 10.2. The highest BCUT2D eigenvalue weighted by molar-refractivity contribution is 7.99. The molecule has 24 heavy (non-hydrogen) atoms. The van der Waals surface area contributed by atoms with E-state index in [2.05, 4.69) is 5.32 Å². The van der Waals surface area contributed by atoms with Gasteiger partial charge in [0.25, 0.3) is 0 Å². The second-order valence-electron chi connectivity index (χ2n) is 5.56. The number of hydrogen-bond acceptors (Lipinski definition) is 3. The van der Waals surface area contributed by atoms with Crippen molar-refractivity contribution in [3.8, 4) is 0 Å². The number of benzene rings is 2. The van der Waals surface area contributed by atoms with Gasteiger partial charge in [-0.3, -0.25) is 13.9 Å².